The Morgan fingerprint density at radius 3 is 2.43 bits per heavy atom. The third kappa shape index (κ3) is 3.13. The Kier molecular flexibility index (Phi) is 4.05. The van der Waals surface area contributed by atoms with Crippen molar-refractivity contribution in [1.82, 2.24) is 0 Å². The lowest BCUT2D eigenvalue weighted by Crippen LogP contribution is -1.91. The number of carbonyl (C=O) groups is 1. The van der Waals surface area contributed by atoms with Gasteiger partial charge in [-0.1, -0.05) is 38.1 Å². The number of rotatable bonds is 3. The first-order valence-electron chi connectivity index (χ1n) is 4.92. The van der Waals surface area contributed by atoms with Gasteiger partial charge in [-0.2, -0.15) is 0 Å². The fourth-order valence-electron chi connectivity index (χ4n) is 1.08. The summed E-state index contributed by atoms with van der Waals surface area (Å²) in [5, 5.41) is 0. The fraction of sp³-hybridized carbons (Fsp3) is 0.333. The second kappa shape index (κ2) is 5.32. The summed E-state index contributed by atoms with van der Waals surface area (Å²) in [4.78, 5) is 14.7. The van der Waals surface area contributed by atoms with Crippen LogP contribution in [0.25, 0.3) is 0 Å². The van der Waals surface area contributed by atoms with Crippen LogP contribution in [0, 0.1) is 0 Å². The van der Waals surface area contributed by atoms with Crippen molar-refractivity contribution in [3.63, 3.8) is 0 Å². The highest BCUT2D eigenvalue weighted by molar-refractivity contribution is 5.91. The highest BCUT2D eigenvalue weighted by Crippen LogP contribution is 2.02. The van der Waals surface area contributed by atoms with Crippen molar-refractivity contribution in [2.75, 3.05) is 0 Å². The minimum atomic E-state index is -0.0791. The van der Waals surface area contributed by atoms with E-state index in [1.165, 1.54) is 5.56 Å². The summed E-state index contributed by atoms with van der Waals surface area (Å²) in [6.45, 7) is 3.92. The molecule has 0 saturated carbocycles. The molecule has 2 nitrogen and oxygen atoms in total. The van der Waals surface area contributed by atoms with E-state index in [9.17, 15) is 4.79 Å². The molecular weight excluding hydrogens is 174 g/mol. The highest BCUT2D eigenvalue weighted by Gasteiger charge is 1.92. The van der Waals surface area contributed by atoms with Crippen LogP contribution in [0.4, 0.5) is 0 Å². The molecule has 0 aliphatic heterocycles. The van der Waals surface area contributed by atoms with Gasteiger partial charge in [-0.05, 0) is 17.5 Å². The summed E-state index contributed by atoms with van der Waals surface area (Å²) in [7, 11) is 0. The molecule has 0 radical (unpaired) electrons. The molecule has 74 valence electrons. The van der Waals surface area contributed by atoms with Crippen molar-refractivity contribution in [3.8, 4) is 0 Å². The number of nitrogens with zero attached hydrogens (tertiary/aromatic N) is 1. The molecule has 0 saturated heterocycles. The number of aryl methyl sites for hydroxylation is 1. The standard InChI is InChI=1S/C12H15NO/c1-3-10-5-7-11(8-6-10)9-13-12(14)4-2/h5-9H,3-4H2,1-2H3. The molecule has 0 heterocycles. The summed E-state index contributed by atoms with van der Waals surface area (Å²) in [6.07, 6.45) is 3.11. The van der Waals surface area contributed by atoms with E-state index in [-0.39, 0.29) is 5.91 Å². The first-order valence-corrected chi connectivity index (χ1v) is 4.92. The molecule has 0 N–H and O–H groups in total. The maximum absolute atomic E-state index is 10.9. The number of carbonyl (C=O) groups excluding carboxylic acids is 1. The van der Waals surface area contributed by atoms with Crippen LogP contribution < -0.4 is 0 Å². The summed E-state index contributed by atoms with van der Waals surface area (Å²) in [6, 6.07) is 8.06. The predicted octanol–water partition coefficient (Wildman–Crippen LogP) is 2.60. The molecule has 0 aliphatic rings. The average Bonchev–Trinajstić information content (AvgIpc) is 2.26. The minimum absolute atomic E-state index is 0.0791. The first-order chi connectivity index (χ1) is 6.76. The summed E-state index contributed by atoms with van der Waals surface area (Å²) >= 11 is 0. The maximum Gasteiger partial charge on any atom is 0.245 e. The lowest BCUT2D eigenvalue weighted by atomic mass is 10.1. The van der Waals surface area contributed by atoms with Crippen LogP contribution in [-0.4, -0.2) is 12.1 Å². The molecule has 0 spiro atoms. The van der Waals surface area contributed by atoms with E-state index < -0.39 is 0 Å². The molecule has 0 fully saturated rings. The van der Waals surface area contributed by atoms with E-state index in [2.05, 4.69) is 24.0 Å². The maximum atomic E-state index is 10.9. The third-order valence-electron chi connectivity index (χ3n) is 2.05. The zero-order valence-corrected chi connectivity index (χ0v) is 8.66. The van der Waals surface area contributed by atoms with Gasteiger partial charge in [0.15, 0.2) is 0 Å². The zero-order valence-electron chi connectivity index (χ0n) is 8.66. The van der Waals surface area contributed by atoms with Gasteiger partial charge in [0.25, 0.3) is 0 Å². The lowest BCUT2D eigenvalue weighted by Gasteiger charge is -1.96. The Balaban J connectivity index is 2.68. The van der Waals surface area contributed by atoms with E-state index in [1.807, 2.05) is 12.1 Å². The van der Waals surface area contributed by atoms with Crippen molar-refractivity contribution in [2.45, 2.75) is 26.7 Å². The van der Waals surface area contributed by atoms with Crippen molar-refractivity contribution in [2.24, 2.45) is 4.99 Å². The molecule has 0 aliphatic carbocycles. The number of amides is 1. The minimum Gasteiger partial charge on any atom is -0.273 e. The SMILES string of the molecule is CCC(=O)N=Cc1ccc(CC)cc1. The van der Waals surface area contributed by atoms with Gasteiger partial charge >= 0.3 is 0 Å². The number of hydrogen-bond donors (Lipinski definition) is 0. The van der Waals surface area contributed by atoms with Crippen LogP contribution in [-0.2, 0) is 11.2 Å². The molecule has 1 amide bonds. The Morgan fingerprint density at radius 2 is 1.93 bits per heavy atom. The third-order valence-corrected chi connectivity index (χ3v) is 2.05. The quantitative estimate of drug-likeness (QED) is 0.672. The van der Waals surface area contributed by atoms with Crippen LogP contribution in [0.2, 0.25) is 0 Å². The van der Waals surface area contributed by atoms with Gasteiger partial charge < -0.3 is 0 Å². The van der Waals surface area contributed by atoms with E-state index in [0.29, 0.717) is 6.42 Å². The van der Waals surface area contributed by atoms with E-state index in [0.717, 1.165) is 12.0 Å². The lowest BCUT2D eigenvalue weighted by molar-refractivity contribution is -0.117. The summed E-state index contributed by atoms with van der Waals surface area (Å²) in [5.74, 6) is -0.0791. The first kappa shape index (κ1) is 10.6. The van der Waals surface area contributed by atoms with Gasteiger partial charge in [0.2, 0.25) is 5.91 Å². The zero-order chi connectivity index (χ0) is 10.4. The number of benzene rings is 1. The van der Waals surface area contributed by atoms with Crippen molar-refractivity contribution < 1.29 is 4.79 Å². The van der Waals surface area contributed by atoms with Gasteiger partial charge in [-0.15, -0.1) is 0 Å². The number of aliphatic imine (C=N–C) groups is 1. The van der Waals surface area contributed by atoms with Gasteiger partial charge in [-0.25, -0.2) is 4.99 Å². The van der Waals surface area contributed by atoms with E-state index >= 15 is 0 Å². The van der Waals surface area contributed by atoms with Gasteiger partial charge in [0, 0.05) is 12.6 Å². The monoisotopic (exact) mass is 189 g/mol. The normalized spacial score (nSPS) is 10.7. The molecule has 2 heteroatoms. The Labute approximate surface area is 84.7 Å². The smallest absolute Gasteiger partial charge is 0.245 e. The van der Waals surface area contributed by atoms with Crippen LogP contribution in [0.3, 0.4) is 0 Å². The van der Waals surface area contributed by atoms with Gasteiger partial charge in [-0.3, -0.25) is 4.79 Å². The molecule has 1 aromatic rings. The summed E-state index contributed by atoms with van der Waals surface area (Å²) < 4.78 is 0. The predicted molar refractivity (Wildman–Crippen MR) is 58.7 cm³/mol. The van der Waals surface area contributed by atoms with Crippen LogP contribution in [0.1, 0.15) is 31.4 Å². The van der Waals surface area contributed by atoms with Crippen LogP contribution in [0.5, 0.6) is 0 Å². The number of hydrogen-bond acceptors (Lipinski definition) is 1. The van der Waals surface area contributed by atoms with Crippen molar-refractivity contribution >= 4 is 12.1 Å². The molecule has 0 bridgehead atoms. The Bertz CT molecular complexity index is 325. The molecule has 1 aromatic carbocycles. The van der Waals surface area contributed by atoms with Gasteiger partial charge in [0.05, 0.1) is 0 Å². The molecule has 0 aromatic heterocycles. The average molecular weight is 189 g/mol. The van der Waals surface area contributed by atoms with Gasteiger partial charge in [0.1, 0.15) is 0 Å². The van der Waals surface area contributed by atoms with Crippen LogP contribution >= 0.6 is 0 Å². The van der Waals surface area contributed by atoms with E-state index in [4.69, 9.17) is 0 Å². The van der Waals surface area contributed by atoms with E-state index in [1.54, 1.807) is 13.1 Å². The van der Waals surface area contributed by atoms with Crippen molar-refractivity contribution in [1.29, 1.82) is 0 Å². The topological polar surface area (TPSA) is 29.4 Å². The molecule has 0 atom stereocenters. The highest BCUT2D eigenvalue weighted by atomic mass is 16.1. The Morgan fingerprint density at radius 1 is 1.29 bits per heavy atom. The fourth-order valence-corrected chi connectivity index (χ4v) is 1.08. The van der Waals surface area contributed by atoms with Crippen LogP contribution in [0.15, 0.2) is 29.3 Å². The molecule has 14 heavy (non-hydrogen) atoms. The molecule has 0 unspecified atom stereocenters. The largest absolute Gasteiger partial charge is 0.273 e. The molecular formula is C12H15NO. The molecule has 1 rings (SSSR count). The second-order valence-corrected chi connectivity index (χ2v) is 3.10. The summed E-state index contributed by atoms with van der Waals surface area (Å²) in [5.41, 5.74) is 2.27. The van der Waals surface area contributed by atoms with Crippen molar-refractivity contribution in [3.05, 3.63) is 35.4 Å². The second-order valence-electron chi connectivity index (χ2n) is 3.10. The Hall–Kier alpha value is -1.44.